The maximum absolute atomic E-state index is 12.3. The van der Waals surface area contributed by atoms with Gasteiger partial charge in [0.25, 0.3) is 0 Å². The van der Waals surface area contributed by atoms with Crippen LogP contribution in [0.4, 0.5) is 5.69 Å². The second-order valence-corrected chi connectivity index (χ2v) is 7.70. The van der Waals surface area contributed by atoms with Crippen LogP contribution in [0.15, 0.2) is 36.4 Å². The number of anilines is 1. The Hall–Kier alpha value is -2.65. The molecule has 0 spiro atoms. The molecule has 0 saturated heterocycles. The second-order valence-electron chi connectivity index (χ2n) is 5.73. The number of amides is 1. The number of carboxylic acids is 1. The predicted octanol–water partition coefficient (Wildman–Crippen LogP) is 1.91. The Morgan fingerprint density at radius 1 is 1.07 bits per heavy atom. The number of carbonyl (C=O) groups excluding carboxylic acids is 1. The molecule has 0 unspecified atom stereocenters. The molecule has 0 radical (unpaired) electrons. The van der Waals surface area contributed by atoms with E-state index in [4.69, 9.17) is 9.84 Å². The van der Waals surface area contributed by atoms with Gasteiger partial charge in [-0.2, -0.15) is 0 Å². The maximum atomic E-state index is 12.3. The van der Waals surface area contributed by atoms with Crippen LogP contribution < -0.4 is 10.1 Å². The molecule has 0 aliphatic rings. The van der Waals surface area contributed by atoms with Gasteiger partial charge in [-0.1, -0.05) is 38.1 Å². The Bertz CT molecular complexity index is 938. The molecule has 2 N–H and O–H groups in total. The molecular formula is C18H22N2O6S. The van der Waals surface area contributed by atoms with Crippen LogP contribution in [-0.2, 0) is 19.6 Å². The molecule has 0 aliphatic carbocycles. The van der Waals surface area contributed by atoms with Gasteiger partial charge in [-0.3, -0.25) is 4.79 Å². The number of benzene rings is 2. The van der Waals surface area contributed by atoms with Crippen LogP contribution in [0, 0.1) is 0 Å². The smallest absolute Gasteiger partial charge is 0.341 e. The Balaban J connectivity index is 2.25. The molecule has 1 amide bonds. The quantitative estimate of drug-likeness (QED) is 0.672. The van der Waals surface area contributed by atoms with Crippen LogP contribution in [0.5, 0.6) is 5.75 Å². The number of nitrogens with one attached hydrogen (secondary N) is 1. The zero-order valence-corrected chi connectivity index (χ0v) is 16.0. The number of fused-ring (bicyclic) bond motifs is 1. The number of nitrogens with zero attached hydrogens (tertiary/aromatic N) is 1. The van der Waals surface area contributed by atoms with E-state index >= 15 is 0 Å². The summed E-state index contributed by atoms with van der Waals surface area (Å²) in [5.41, 5.74) is 0.424. The van der Waals surface area contributed by atoms with Crippen molar-refractivity contribution >= 4 is 38.4 Å². The summed E-state index contributed by atoms with van der Waals surface area (Å²) in [6, 6.07) is 10.1. The molecule has 0 aromatic heterocycles. The number of hydrogen-bond donors (Lipinski definition) is 2. The van der Waals surface area contributed by atoms with Crippen molar-refractivity contribution in [3.63, 3.8) is 0 Å². The molecule has 0 bridgehead atoms. The number of sulfonamides is 1. The van der Waals surface area contributed by atoms with E-state index in [0.29, 0.717) is 35.3 Å². The largest absolute Gasteiger partial charge is 0.481 e. The Morgan fingerprint density at radius 3 is 2.30 bits per heavy atom. The fourth-order valence-corrected chi connectivity index (χ4v) is 4.08. The first-order valence-electron chi connectivity index (χ1n) is 8.42. The molecule has 9 heteroatoms. The first-order chi connectivity index (χ1) is 12.8. The number of carboxylic acid groups (broad SMARTS) is 1. The van der Waals surface area contributed by atoms with Gasteiger partial charge in [0.15, 0.2) is 6.61 Å². The summed E-state index contributed by atoms with van der Waals surface area (Å²) in [6.45, 7) is 3.53. The maximum Gasteiger partial charge on any atom is 0.341 e. The summed E-state index contributed by atoms with van der Waals surface area (Å²) in [5, 5.41) is 12.6. The minimum Gasteiger partial charge on any atom is -0.481 e. The standard InChI is InChI=1S/C18H22N2O6S/c1-3-20(4-2)27(24,25)12-17(21)19-15-9-10-16(26-11-18(22)23)14-8-6-5-7-13(14)15/h5-10H,3-4,11-12H2,1-2H3,(H,19,21)(H,22,23). The molecule has 146 valence electrons. The number of carbonyl (C=O) groups is 2. The van der Waals surface area contributed by atoms with Gasteiger partial charge in [-0.25, -0.2) is 17.5 Å². The molecule has 27 heavy (non-hydrogen) atoms. The predicted molar refractivity (Wildman–Crippen MR) is 102 cm³/mol. The second kappa shape index (κ2) is 8.83. The van der Waals surface area contributed by atoms with Crippen LogP contribution in [0.25, 0.3) is 10.8 Å². The van der Waals surface area contributed by atoms with Gasteiger partial charge in [-0.15, -0.1) is 0 Å². The minimum atomic E-state index is -3.69. The van der Waals surface area contributed by atoms with Crippen LogP contribution in [-0.4, -0.2) is 55.2 Å². The van der Waals surface area contributed by atoms with Crippen LogP contribution in [0.3, 0.4) is 0 Å². The Morgan fingerprint density at radius 2 is 1.70 bits per heavy atom. The molecule has 2 aromatic carbocycles. The molecule has 0 heterocycles. The lowest BCUT2D eigenvalue weighted by Crippen LogP contribution is -2.36. The molecule has 2 aromatic rings. The van der Waals surface area contributed by atoms with Crippen molar-refractivity contribution in [2.24, 2.45) is 0 Å². The molecular weight excluding hydrogens is 372 g/mol. The zero-order valence-electron chi connectivity index (χ0n) is 15.1. The third kappa shape index (κ3) is 5.18. The lowest BCUT2D eigenvalue weighted by Gasteiger charge is -2.18. The van der Waals surface area contributed by atoms with Gasteiger partial charge in [0, 0.05) is 29.5 Å². The molecule has 0 aliphatic heterocycles. The summed E-state index contributed by atoms with van der Waals surface area (Å²) < 4.78 is 31.0. The highest BCUT2D eigenvalue weighted by Gasteiger charge is 2.23. The summed E-state index contributed by atoms with van der Waals surface area (Å²) in [7, 11) is -3.69. The number of aliphatic carboxylic acids is 1. The van der Waals surface area contributed by atoms with Crippen LogP contribution in [0.1, 0.15) is 13.8 Å². The van der Waals surface area contributed by atoms with Crippen molar-refractivity contribution in [1.29, 1.82) is 0 Å². The highest BCUT2D eigenvalue weighted by Crippen LogP contribution is 2.31. The van der Waals surface area contributed by atoms with Crippen molar-refractivity contribution in [3.8, 4) is 5.75 Å². The monoisotopic (exact) mass is 394 g/mol. The number of hydrogen-bond acceptors (Lipinski definition) is 5. The van der Waals surface area contributed by atoms with E-state index < -0.39 is 34.3 Å². The third-order valence-electron chi connectivity index (χ3n) is 3.92. The zero-order chi connectivity index (χ0) is 20.0. The summed E-state index contributed by atoms with van der Waals surface area (Å²) >= 11 is 0. The Kier molecular flexibility index (Phi) is 6.75. The summed E-state index contributed by atoms with van der Waals surface area (Å²) in [4.78, 5) is 23.0. The summed E-state index contributed by atoms with van der Waals surface area (Å²) in [5.74, 6) is -2.04. The number of ether oxygens (including phenoxy) is 1. The number of rotatable bonds is 9. The Labute approximate surface area is 157 Å². The first kappa shape index (κ1) is 20.7. The van der Waals surface area contributed by atoms with Crippen LogP contribution in [0.2, 0.25) is 0 Å². The van der Waals surface area contributed by atoms with E-state index in [2.05, 4.69) is 5.32 Å². The lowest BCUT2D eigenvalue weighted by atomic mass is 10.1. The minimum absolute atomic E-state index is 0.296. The lowest BCUT2D eigenvalue weighted by molar-refractivity contribution is -0.139. The van der Waals surface area contributed by atoms with Gasteiger partial charge in [0.2, 0.25) is 15.9 Å². The first-order valence-corrected chi connectivity index (χ1v) is 10.0. The van der Waals surface area contributed by atoms with E-state index in [1.54, 1.807) is 50.2 Å². The van der Waals surface area contributed by atoms with Gasteiger partial charge < -0.3 is 15.2 Å². The molecule has 0 fully saturated rings. The van der Waals surface area contributed by atoms with E-state index in [1.165, 1.54) is 4.31 Å². The molecule has 8 nitrogen and oxygen atoms in total. The molecule has 0 atom stereocenters. The SMILES string of the molecule is CCN(CC)S(=O)(=O)CC(=O)Nc1ccc(OCC(=O)O)c2ccccc12. The van der Waals surface area contributed by atoms with Gasteiger partial charge >= 0.3 is 5.97 Å². The van der Waals surface area contributed by atoms with Crippen LogP contribution >= 0.6 is 0 Å². The topological polar surface area (TPSA) is 113 Å². The van der Waals surface area contributed by atoms with Gasteiger partial charge in [-0.05, 0) is 12.1 Å². The van der Waals surface area contributed by atoms with E-state index in [0.717, 1.165) is 0 Å². The average molecular weight is 394 g/mol. The van der Waals surface area contributed by atoms with E-state index in [1.807, 2.05) is 0 Å². The van der Waals surface area contributed by atoms with E-state index in [9.17, 15) is 18.0 Å². The fourth-order valence-electron chi connectivity index (χ4n) is 2.71. The van der Waals surface area contributed by atoms with Gasteiger partial charge in [0.05, 0.1) is 0 Å². The molecule has 0 saturated carbocycles. The van der Waals surface area contributed by atoms with E-state index in [-0.39, 0.29) is 0 Å². The van der Waals surface area contributed by atoms with Crippen molar-refractivity contribution in [3.05, 3.63) is 36.4 Å². The van der Waals surface area contributed by atoms with Crippen molar-refractivity contribution in [2.45, 2.75) is 13.8 Å². The van der Waals surface area contributed by atoms with Crippen molar-refractivity contribution < 1.29 is 27.9 Å². The highest BCUT2D eigenvalue weighted by atomic mass is 32.2. The van der Waals surface area contributed by atoms with Crippen molar-refractivity contribution in [1.82, 2.24) is 4.31 Å². The normalized spacial score (nSPS) is 11.5. The molecule has 2 rings (SSSR count). The van der Waals surface area contributed by atoms with Gasteiger partial charge in [0.1, 0.15) is 11.5 Å². The summed E-state index contributed by atoms with van der Waals surface area (Å²) in [6.07, 6.45) is 0. The fraction of sp³-hybridized carbons (Fsp3) is 0.333. The highest BCUT2D eigenvalue weighted by molar-refractivity contribution is 7.89. The average Bonchev–Trinajstić information content (AvgIpc) is 2.61. The third-order valence-corrected chi connectivity index (χ3v) is 5.85. The van der Waals surface area contributed by atoms with Crippen molar-refractivity contribution in [2.75, 3.05) is 30.8 Å².